The molecule has 0 aliphatic carbocycles. The predicted molar refractivity (Wildman–Crippen MR) is 96.2 cm³/mol. The van der Waals surface area contributed by atoms with E-state index in [1.54, 1.807) is 0 Å². The summed E-state index contributed by atoms with van der Waals surface area (Å²) in [5.74, 6) is -0.691. The molecule has 0 aromatic heterocycles. The van der Waals surface area contributed by atoms with Gasteiger partial charge in [0, 0.05) is 6.42 Å². The molecule has 0 amide bonds. The number of hydrogen-bond acceptors (Lipinski definition) is 1. The van der Waals surface area contributed by atoms with Gasteiger partial charge in [0.2, 0.25) is 0 Å². The zero-order valence-corrected chi connectivity index (χ0v) is 14.6. The molecule has 0 radical (unpaired) electrons. The van der Waals surface area contributed by atoms with Gasteiger partial charge in [0.05, 0.1) is 0 Å². The summed E-state index contributed by atoms with van der Waals surface area (Å²) in [6, 6.07) is 0. The molecule has 22 heavy (non-hydrogen) atoms. The van der Waals surface area contributed by atoms with Gasteiger partial charge in [0.1, 0.15) is 0 Å². The number of aliphatic carboxylic acids is 1. The highest BCUT2D eigenvalue weighted by molar-refractivity contribution is 5.66. The summed E-state index contributed by atoms with van der Waals surface area (Å²) in [6.07, 6.45) is 25.3. The largest absolute Gasteiger partial charge is 0.481 e. The van der Waals surface area contributed by atoms with Crippen LogP contribution in [0.2, 0.25) is 0 Å². The van der Waals surface area contributed by atoms with Crippen molar-refractivity contribution in [2.45, 2.75) is 96.8 Å². The van der Waals surface area contributed by atoms with Gasteiger partial charge in [-0.05, 0) is 51.4 Å². The summed E-state index contributed by atoms with van der Waals surface area (Å²) in [5.41, 5.74) is 0. The van der Waals surface area contributed by atoms with E-state index in [0.29, 0.717) is 0 Å². The third-order valence-electron chi connectivity index (χ3n) is 3.81. The third-order valence-corrected chi connectivity index (χ3v) is 3.81. The van der Waals surface area contributed by atoms with Gasteiger partial charge in [0.15, 0.2) is 0 Å². The van der Waals surface area contributed by atoms with E-state index < -0.39 is 5.97 Å². The molecule has 0 aliphatic heterocycles. The number of carbonyl (C=O) groups is 1. The molecule has 0 saturated carbocycles. The fourth-order valence-corrected chi connectivity index (χ4v) is 2.41. The Morgan fingerprint density at radius 2 is 1.09 bits per heavy atom. The lowest BCUT2D eigenvalue weighted by Crippen LogP contribution is -1.92. The van der Waals surface area contributed by atoms with Gasteiger partial charge >= 0.3 is 5.97 Å². The van der Waals surface area contributed by atoms with Crippen LogP contribution >= 0.6 is 0 Å². The van der Waals surface area contributed by atoms with E-state index in [1.807, 2.05) is 0 Å². The van der Waals surface area contributed by atoms with Crippen LogP contribution in [0.5, 0.6) is 0 Å². The molecule has 0 spiro atoms. The molecule has 128 valence electrons. The van der Waals surface area contributed by atoms with Crippen molar-refractivity contribution in [2.75, 3.05) is 0 Å². The Labute approximate surface area is 137 Å². The summed E-state index contributed by atoms with van der Waals surface area (Å²) < 4.78 is 0. The maximum atomic E-state index is 10.3. The summed E-state index contributed by atoms with van der Waals surface area (Å²) in [4.78, 5) is 10.3. The molecule has 0 aromatic carbocycles. The van der Waals surface area contributed by atoms with Crippen molar-refractivity contribution in [1.29, 1.82) is 0 Å². The zero-order chi connectivity index (χ0) is 16.3. The van der Waals surface area contributed by atoms with Crippen molar-refractivity contribution in [1.82, 2.24) is 0 Å². The van der Waals surface area contributed by atoms with Crippen molar-refractivity contribution < 1.29 is 9.90 Å². The molecule has 0 bridgehead atoms. The number of hydrogen-bond donors (Lipinski definition) is 1. The lowest BCUT2D eigenvalue weighted by atomic mass is 10.1. The number of allylic oxidation sites excluding steroid dienone is 4. The first-order valence-electron chi connectivity index (χ1n) is 9.29. The van der Waals surface area contributed by atoms with Crippen molar-refractivity contribution >= 4 is 5.97 Å². The second-order valence-corrected chi connectivity index (χ2v) is 6.07. The van der Waals surface area contributed by atoms with Crippen molar-refractivity contribution in [3.05, 3.63) is 24.3 Å². The van der Waals surface area contributed by atoms with Crippen LogP contribution < -0.4 is 0 Å². The molecular formula is C20H36O2. The minimum Gasteiger partial charge on any atom is -0.481 e. The number of carboxylic acid groups (broad SMARTS) is 1. The molecule has 0 heterocycles. The van der Waals surface area contributed by atoms with Crippen LogP contribution in [-0.4, -0.2) is 11.1 Å². The minimum atomic E-state index is -0.691. The minimum absolute atomic E-state index is 0.288. The van der Waals surface area contributed by atoms with Gasteiger partial charge in [-0.2, -0.15) is 0 Å². The fraction of sp³-hybridized carbons (Fsp3) is 0.750. The second kappa shape index (κ2) is 18.0. The standard InChI is InChI=1S/C20H36O2/c1-2-3-4-5-6-7-8-9-10-11-12-13-14-15-16-17-18-19-20(21)22/h7-8,15-16H,2-6,9-14,17-19H2,1H3,(H,21,22)/b8-7+,16-15+. The van der Waals surface area contributed by atoms with E-state index in [4.69, 9.17) is 5.11 Å². The molecule has 0 aliphatic rings. The van der Waals surface area contributed by atoms with Crippen LogP contribution in [0.4, 0.5) is 0 Å². The molecule has 2 nitrogen and oxygen atoms in total. The maximum Gasteiger partial charge on any atom is 0.303 e. The molecule has 0 unspecified atom stereocenters. The Morgan fingerprint density at radius 1 is 0.682 bits per heavy atom. The van der Waals surface area contributed by atoms with E-state index >= 15 is 0 Å². The van der Waals surface area contributed by atoms with Crippen LogP contribution in [-0.2, 0) is 4.79 Å². The lowest BCUT2D eigenvalue weighted by molar-refractivity contribution is -0.137. The lowest BCUT2D eigenvalue weighted by Gasteiger charge is -1.98. The van der Waals surface area contributed by atoms with Gasteiger partial charge in [-0.1, -0.05) is 63.3 Å². The van der Waals surface area contributed by atoms with E-state index in [0.717, 1.165) is 19.3 Å². The van der Waals surface area contributed by atoms with Gasteiger partial charge in [-0.3, -0.25) is 4.79 Å². The molecular weight excluding hydrogens is 272 g/mol. The quantitative estimate of drug-likeness (QED) is 0.255. The average Bonchev–Trinajstić information content (AvgIpc) is 2.50. The van der Waals surface area contributed by atoms with Crippen LogP contribution in [0, 0.1) is 0 Å². The molecule has 2 heteroatoms. The van der Waals surface area contributed by atoms with E-state index in [-0.39, 0.29) is 6.42 Å². The van der Waals surface area contributed by atoms with Crippen LogP contribution in [0.1, 0.15) is 96.8 Å². The normalized spacial score (nSPS) is 11.7. The number of unbranched alkanes of at least 4 members (excludes halogenated alkanes) is 10. The smallest absolute Gasteiger partial charge is 0.303 e. The highest BCUT2D eigenvalue weighted by Crippen LogP contribution is 2.08. The van der Waals surface area contributed by atoms with E-state index in [9.17, 15) is 4.79 Å². The highest BCUT2D eigenvalue weighted by Gasteiger charge is 1.93. The van der Waals surface area contributed by atoms with Crippen molar-refractivity contribution in [3.63, 3.8) is 0 Å². The first-order valence-corrected chi connectivity index (χ1v) is 9.29. The van der Waals surface area contributed by atoms with E-state index in [1.165, 1.54) is 64.2 Å². The average molecular weight is 309 g/mol. The van der Waals surface area contributed by atoms with Crippen LogP contribution in [0.15, 0.2) is 24.3 Å². The fourth-order valence-electron chi connectivity index (χ4n) is 2.41. The third kappa shape index (κ3) is 18.9. The molecule has 0 rings (SSSR count). The molecule has 0 fully saturated rings. The number of rotatable bonds is 16. The SMILES string of the molecule is CCCCCC/C=C/CCCCCC/C=C/CCCC(=O)O. The summed E-state index contributed by atoms with van der Waals surface area (Å²) in [7, 11) is 0. The molecule has 1 N–H and O–H groups in total. The first kappa shape index (κ1) is 20.9. The first-order chi connectivity index (χ1) is 10.8. The Bertz CT molecular complexity index is 292. The second-order valence-electron chi connectivity index (χ2n) is 6.07. The van der Waals surface area contributed by atoms with E-state index in [2.05, 4.69) is 31.2 Å². The summed E-state index contributed by atoms with van der Waals surface area (Å²) in [6.45, 7) is 2.26. The molecule has 0 saturated heterocycles. The van der Waals surface area contributed by atoms with Crippen molar-refractivity contribution in [3.8, 4) is 0 Å². The van der Waals surface area contributed by atoms with Crippen LogP contribution in [0.25, 0.3) is 0 Å². The van der Waals surface area contributed by atoms with Crippen LogP contribution in [0.3, 0.4) is 0 Å². The zero-order valence-electron chi connectivity index (χ0n) is 14.6. The maximum absolute atomic E-state index is 10.3. The molecule has 0 aromatic rings. The molecule has 0 atom stereocenters. The Kier molecular flexibility index (Phi) is 17.1. The number of carboxylic acids is 1. The summed E-state index contributed by atoms with van der Waals surface area (Å²) in [5, 5.41) is 8.51. The van der Waals surface area contributed by atoms with Gasteiger partial charge in [-0.15, -0.1) is 0 Å². The Balaban J connectivity index is 3.15. The van der Waals surface area contributed by atoms with Gasteiger partial charge in [0.25, 0.3) is 0 Å². The summed E-state index contributed by atoms with van der Waals surface area (Å²) >= 11 is 0. The predicted octanol–water partition coefficient (Wildman–Crippen LogP) is 6.66. The Morgan fingerprint density at radius 3 is 1.50 bits per heavy atom. The highest BCUT2D eigenvalue weighted by atomic mass is 16.4. The monoisotopic (exact) mass is 308 g/mol. The Hall–Kier alpha value is -1.05. The van der Waals surface area contributed by atoms with Gasteiger partial charge in [-0.25, -0.2) is 0 Å². The topological polar surface area (TPSA) is 37.3 Å². The van der Waals surface area contributed by atoms with Crippen molar-refractivity contribution in [2.24, 2.45) is 0 Å². The van der Waals surface area contributed by atoms with Gasteiger partial charge < -0.3 is 5.11 Å².